The van der Waals surface area contributed by atoms with Crippen LogP contribution in [0.2, 0.25) is 0 Å². The molecule has 0 saturated carbocycles. The third-order valence-corrected chi connectivity index (χ3v) is 1.80. The first-order valence-corrected chi connectivity index (χ1v) is 5.35. The Morgan fingerprint density at radius 3 is 2.14 bits per heavy atom. The third kappa shape index (κ3) is 5.94. The van der Waals surface area contributed by atoms with E-state index in [4.69, 9.17) is 5.11 Å². The predicted molar refractivity (Wildman–Crippen MR) is 59.6 cm³/mol. The van der Waals surface area contributed by atoms with Gasteiger partial charge in [0.15, 0.2) is 0 Å². The summed E-state index contributed by atoms with van der Waals surface area (Å²) in [6.45, 7) is 10.3. The molecule has 1 heterocycles. The maximum atomic E-state index is 10.5. The Morgan fingerprint density at radius 1 is 1.36 bits per heavy atom. The van der Waals surface area contributed by atoms with Gasteiger partial charge in [0.25, 0.3) is 0 Å². The average molecular weight is 204 g/mol. The van der Waals surface area contributed by atoms with Crippen molar-refractivity contribution in [2.45, 2.75) is 33.7 Å². The zero-order chi connectivity index (χ0) is 11.6. The Labute approximate surface area is 87.3 Å². The summed E-state index contributed by atoms with van der Waals surface area (Å²) in [6.07, 6.45) is 0. The van der Waals surface area contributed by atoms with Gasteiger partial charge in [-0.15, -0.1) is 0 Å². The van der Waals surface area contributed by atoms with Crippen LogP contribution in [-0.2, 0) is 4.79 Å². The zero-order valence-electron chi connectivity index (χ0n) is 10.0. The zero-order valence-corrected chi connectivity index (χ0v) is 10.0. The lowest BCUT2D eigenvalue weighted by Gasteiger charge is -2.29. The maximum absolute atomic E-state index is 10.5. The van der Waals surface area contributed by atoms with E-state index in [1.54, 1.807) is 0 Å². The Bertz CT molecular complexity index is 140. The molecule has 0 radical (unpaired) electrons. The lowest BCUT2D eigenvalue weighted by Crippen LogP contribution is -2.52. The van der Waals surface area contributed by atoms with Crippen molar-refractivity contribution in [1.29, 1.82) is 0 Å². The summed E-state index contributed by atoms with van der Waals surface area (Å²) in [5.74, 6) is -0.741. The number of hydrogen-bond donors (Lipinski definition) is 2. The van der Waals surface area contributed by atoms with Crippen LogP contribution in [0.15, 0.2) is 0 Å². The molecule has 1 unspecified atom stereocenters. The van der Waals surface area contributed by atoms with E-state index >= 15 is 0 Å². The summed E-state index contributed by atoms with van der Waals surface area (Å²) in [5, 5.41) is 11.7. The molecule has 1 rings (SSSR count). The van der Waals surface area contributed by atoms with Crippen molar-refractivity contribution in [2.24, 2.45) is 0 Å². The molecule has 0 aromatic carbocycles. The van der Waals surface area contributed by atoms with E-state index < -0.39 is 5.97 Å². The van der Waals surface area contributed by atoms with Crippen molar-refractivity contribution in [3.8, 4) is 0 Å². The molecule has 0 aromatic rings. The summed E-state index contributed by atoms with van der Waals surface area (Å²) < 4.78 is 0. The van der Waals surface area contributed by atoms with Gasteiger partial charge in [0.1, 0.15) is 6.04 Å². The van der Waals surface area contributed by atoms with Gasteiger partial charge in [0, 0.05) is 19.6 Å². The highest BCUT2D eigenvalue weighted by atomic mass is 16.4. The Balaban J connectivity index is 0. The first-order chi connectivity index (χ1) is 6.72. The second-order valence-electron chi connectivity index (χ2n) is 2.54. The maximum Gasteiger partial charge on any atom is 0.322 e. The number of aliphatic carboxylic acids is 1. The van der Waals surface area contributed by atoms with Gasteiger partial charge in [-0.05, 0) is 7.05 Å². The number of carboxylic acids is 1. The number of nitrogens with zero attached hydrogens (tertiary/aromatic N) is 1. The van der Waals surface area contributed by atoms with Gasteiger partial charge >= 0.3 is 5.97 Å². The smallest absolute Gasteiger partial charge is 0.322 e. The van der Waals surface area contributed by atoms with Gasteiger partial charge in [-0.1, -0.05) is 27.7 Å². The molecule has 1 aliphatic rings. The number of hydrogen-bond acceptors (Lipinski definition) is 3. The monoisotopic (exact) mass is 204 g/mol. The summed E-state index contributed by atoms with van der Waals surface area (Å²) in [5.41, 5.74) is 0. The second-order valence-corrected chi connectivity index (χ2v) is 2.54. The minimum absolute atomic E-state index is 0.339. The van der Waals surface area contributed by atoms with Gasteiger partial charge in [-0.3, -0.25) is 9.69 Å². The van der Waals surface area contributed by atoms with E-state index in [0.29, 0.717) is 6.54 Å². The fourth-order valence-corrected chi connectivity index (χ4v) is 1.08. The van der Waals surface area contributed by atoms with E-state index in [2.05, 4.69) is 5.32 Å². The highest BCUT2D eigenvalue weighted by Crippen LogP contribution is 1.98. The first kappa shape index (κ1) is 15.8. The van der Waals surface area contributed by atoms with Gasteiger partial charge in [-0.2, -0.15) is 0 Å². The van der Waals surface area contributed by atoms with Crippen molar-refractivity contribution < 1.29 is 9.90 Å². The van der Waals surface area contributed by atoms with E-state index in [1.165, 1.54) is 0 Å². The lowest BCUT2D eigenvalue weighted by molar-refractivity contribution is -0.143. The molecule has 4 nitrogen and oxygen atoms in total. The molecule has 1 saturated heterocycles. The van der Waals surface area contributed by atoms with Crippen LogP contribution in [-0.4, -0.2) is 48.7 Å². The lowest BCUT2D eigenvalue weighted by atomic mass is 10.2. The van der Waals surface area contributed by atoms with Crippen molar-refractivity contribution in [3.63, 3.8) is 0 Å². The second kappa shape index (κ2) is 10.5. The van der Waals surface area contributed by atoms with E-state index in [-0.39, 0.29) is 6.04 Å². The number of rotatable bonds is 1. The summed E-state index contributed by atoms with van der Waals surface area (Å²) in [7, 11) is 1.83. The van der Waals surface area contributed by atoms with Crippen LogP contribution in [0.4, 0.5) is 0 Å². The Kier molecular flexibility index (Phi) is 11.9. The standard InChI is InChI=1S/C6H12N2O2.2C2H6/c1-8-3-2-7-4-5(8)6(9)10;2*1-2/h5,7H,2-4H2,1H3,(H,9,10);2*1-2H3. The number of piperazine rings is 1. The van der Waals surface area contributed by atoms with Crippen LogP contribution < -0.4 is 5.32 Å². The Morgan fingerprint density at radius 2 is 1.86 bits per heavy atom. The predicted octanol–water partition coefficient (Wildman–Crippen LogP) is 1.03. The molecule has 0 aromatic heterocycles. The molecular formula is C10H24N2O2. The van der Waals surface area contributed by atoms with E-state index in [1.807, 2.05) is 39.6 Å². The number of nitrogens with one attached hydrogen (secondary N) is 1. The fourth-order valence-electron chi connectivity index (χ4n) is 1.08. The molecule has 0 bridgehead atoms. The van der Waals surface area contributed by atoms with Crippen molar-refractivity contribution in [3.05, 3.63) is 0 Å². The summed E-state index contributed by atoms with van der Waals surface area (Å²) in [6, 6.07) is -0.339. The first-order valence-electron chi connectivity index (χ1n) is 5.35. The molecule has 4 heteroatoms. The van der Waals surface area contributed by atoms with Crippen LogP contribution in [0.25, 0.3) is 0 Å². The number of likely N-dealkylation sites (N-methyl/N-ethyl adjacent to an activating group) is 1. The highest BCUT2D eigenvalue weighted by molar-refractivity contribution is 5.73. The largest absolute Gasteiger partial charge is 0.480 e. The van der Waals surface area contributed by atoms with E-state index in [0.717, 1.165) is 13.1 Å². The molecule has 86 valence electrons. The summed E-state index contributed by atoms with van der Waals surface area (Å²) >= 11 is 0. The van der Waals surface area contributed by atoms with Crippen LogP contribution in [0, 0.1) is 0 Å². The van der Waals surface area contributed by atoms with Crippen LogP contribution in [0.3, 0.4) is 0 Å². The highest BCUT2D eigenvalue weighted by Gasteiger charge is 2.24. The molecule has 14 heavy (non-hydrogen) atoms. The molecule has 1 fully saturated rings. The molecule has 2 N–H and O–H groups in total. The topological polar surface area (TPSA) is 52.6 Å². The minimum Gasteiger partial charge on any atom is -0.480 e. The molecule has 0 spiro atoms. The number of carboxylic acid groups (broad SMARTS) is 1. The molecular weight excluding hydrogens is 180 g/mol. The summed E-state index contributed by atoms with van der Waals surface area (Å²) in [4.78, 5) is 12.3. The van der Waals surface area contributed by atoms with Crippen LogP contribution in [0.5, 0.6) is 0 Å². The number of carbonyl (C=O) groups is 1. The molecule has 0 aliphatic carbocycles. The van der Waals surface area contributed by atoms with Gasteiger partial charge in [0.05, 0.1) is 0 Å². The SMILES string of the molecule is CC.CC.CN1CCNCC1C(=O)O. The van der Waals surface area contributed by atoms with Gasteiger partial charge in [0.2, 0.25) is 0 Å². The van der Waals surface area contributed by atoms with Crippen LogP contribution in [0.1, 0.15) is 27.7 Å². The average Bonchev–Trinajstić information content (AvgIpc) is 2.24. The van der Waals surface area contributed by atoms with Gasteiger partial charge < -0.3 is 10.4 Å². The normalized spacial score (nSPS) is 21.1. The molecule has 1 atom stereocenters. The van der Waals surface area contributed by atoms with Gasteiger partial charge in [-0.25, -0.2) is 0 Å². The molecule has 0 amide bonds. The molecule has 1 aliphatic heterocycles. The van der Waals surface area contributed by atoms with Crippen molar-refractivity contribution >= 4 is 5.97 Å². The third-order valence-electron chi connectivity index (χ3n) is 1.80. The Hall–Kier alpha value is -0.610. The van der Waals surface area contributed by atoms with Crippen molar-refractivity contribution in [2.75, 3.05) is 26.7 Å². The van der Waals surface area contributed by atoms with E-state index in [9.17, 15) is 4.79 Å². The van der Waals surface area contributed by atoms with Crippen molar-refractivity contribution in [1.82, 2.24) is 10.2 Å². The quantitative estimate of drug-likeness (QED) is 0.670. The van der Waals surface area contributed by atoms with Crippen LogP contribution >= 0.6 is 0 Å². The fraction of sp³-hybridized carbons (Fsp3) is 0.900. The minimum atomic E-state index is -0.741.